The van der Waals surface area contributed by atoms with E-state index in [0.717, 1.165) is 0 Å². The van der Waals surface area contributed by atoms with Crippen molar-refractivity contribution in [3.63, 3.8) is 0 Å². The average Bonchev–Trinajstić information content (AvgIpc) is 2.49. The summed E-state index contributed by atoms with van der Waals surface area (Å²) in [5, 5.41) is 17.7. The molecule has 1 saturated heterocycles. The van der Waals surface area contributed by atoms with E-state index in [1.54, 1.807) is 0 Å². The minimum atomic E-state index is -1.16. The zero-order chi connectivity index (χ0) is 10.1. The Morgan fingerprint density at radius 1 is 1.69 bits per heavy atom. The van der Waals surface area contributed by atoms with Crippen molar-refractivity contribution in [2.24, 2.45) is 5.41 Å². The van der Waals surface area contributed by atoms with Crippen LogP contribution >= 0.6 is 0 Å². The van der Waals surface area contributed by atoms with Gasteiger partial charge in [-0.1, -0.05) is 0 Å². The van der Waals surface area contributed by atoms with E-state index in [0.29, 0.717) is 25.6 Å². The SMILES string of the molecule is CC(C)N1CCC(C#N)(C(=O)O)C1. The first-order valence-corrected chi connectivity index (χ1v) is 4.40. The number of carbonyl (C=O) groups is 1. The number of carboxylic acid groups (broad SMARTS) is 1. The molecule has 0 saturated carbocycles. The van der Waals surface area contributed by atoms with Crippen molar-refractivity contribution in [1.82, 2.24) is 4.90 Å². The molecule has 4 heteroatoms. The molecule has 1 fully saturated rings. The van der Waals surface area contributed by atoms with Gasteiger partial charge < -0.3 is 5.11 Å². The van der Waals surface area contributed by atoms with Crippen LogP contribution in [0.25, 0.3) is 0 Å². The summed E-state index contributed by atoms with van der Waals surface area (Å²) in [5.41, 5.74) is -1.16. The zero-order valence-electron chi connectivity index (χ0n) is 7.95. The molecular weight excluding hydrogens is 168 g/mol. The molecule has 1 rings (SSSR count). The first kappa shape index (κ1) is 10.0. The Bertz CT molecular complexity index is 257. The summed E-state index contributed by atoms with van der Waals surface area (Å²) in [6.07, 6.45) is 0.441. The number of hydrogen-bond acceptors (Lipinski definition) is 3. The topological polar surface area (TPSA) is 64.3 Å². The van der Waals surface area contributed by atoms with Gasteiger partial charge in [-0.3, -0.25) is 9.69 Å². The lowest BCUT2D eigenvalue weighted by Crippen LogP contribution is -2.35. The molecule has 13 heavy (non-hydrogen) atoms. The van der Waals surface area contributed by atoms with Crippen molar-refractivity contribution < 1.29 is 9.90 Å². The Morgan fingerprint density at radius 2 is 2.31 bits per heavy atom. The number of nitriles is 1. The lowest BCUT2D eigenvalue weighted by atomic mass is 9.89. The molecule has 0 amide bonds. The van der Waals surface area contributed by atoms with Crippen LogP contribution in [0, 0.1) is 16.7 Å². The van der Waals surface area contributed by atoms with E-state index in [1.807, 2.05) is 24.8 Å². The van der Waals surface area contributed by atoms with Crippen molar-refractivity contribution in [3.8, 4) is 6.07 Å². The van der Waals surface area contributed by atoms with Crippen LogP contribution in [0.3, 0.4) is 0 Å². The van der Waals surface area contributed by atoms with Gasteiger partial charge in [-0.05, 0) is 20.3 Å². The van der Waals surface area contributed by atoms with E-state index in [2.05, 4.69) is 0 Å². The number of nitrogens with zero attached hydrogens (tertiary/aromatic N) is 2. The maximum Gasteiger partial charge on any atom is 0.325 e. The Morgan fingerprint density at radius 3 is 2.54 bits per heavy atom. The Labute approximate surface area is 77.8 Å². The second-order valence-electron chi connectivity index (χ2n) is 3.81. The van der Waals surface area contributed by atoms with Gasteiger partial charge in [0, 0.05) is 19.1 Å². The summed E-state index contributed by atoms with van der Waals surface area (Å²) in [6.45, 7) is 5.08. The third-order valence-corrected chi connectivity index (χ3v) is 2.65. The summed E-state index contributed by atoms with van der Waals surface area (Å²) in [6, 6.07) is 2.23. The molecule has 0 aliphatic carbocycles. The smallest absolute Gasteiger partial charge is 0.325 e. The van der Waals surface area contributed by atoms with E-state index in [4.69, 9.17) is 10.4 Å². The first-order valence-electron chi connectivity index (χ1n) is 4.40. The molecular formula is C9H14N2O2. The highest BCUT2D eigenvalue weighted by Gasteiger charge is 2.45. The molecule has 0 aromatic rings. The Balaban J connectivity index is 2.76. The zero-order valence-corrected chi connectivity index (χ0v) is 7.95. The normalized spacial score (nSPS) is 29.1. The van der Waals surface area contributed by atoms with Crippen molar-refractivity contribution in [1.29, 1.82) is 5.26 Å². The third-order valence-electron chi connectivity index (χ3n) is 2.65. The molecule has 1 heterocycles. The molecule has 0 radical (unpaired) electrons. The van der Waals surface area contributed by atoms with Gasteiger partial charge in [0.05, 0.1) is 6.07 Å². The fourth-order valence-corrected chi connectivity index (χ4v) is 1.59. The van der Waals surface area contributed by atoms with E-state index < -0.39 is 11.4 Å². The van der Waals surface area contributed by atoms with Crippen molar-refractivity contribution in [2.45, 2.75) is 26.3 Å². The van der Waals surface area contributed by atoms with Crippen LogP contribution in [0.15, 0.2) is 0 Å². The Hall–Kier alpha value is -1.08. The van der Waals surface area contributed by atoms with E-state index in [-0.39, 0.29) is 0 Å². The number of aliphatic carboxylic acids is 1. The van der Waals surface area contributed by atoms with Gasteiger partial charge >= 0.3 is 5.97 Å². The lowest BCUT2D eigenvalue weighted by Gasteiger charge is -2.21. The molecule has 0 spiro atoms. The standard InChI is InChI=1S/C9H14N2O2/c1-7(2)11-4-3-9(5-10,6-11)8(12)13/h7H,3-4,6H2,1-2H3,(H,12,13). The summed E-state index contributed by atoms with van der Waals surface area (Å²) in [4.78, 5) is 12.9. The molecule has 1 aliphatic heterocycles. The maximum absolute atomic E-state index is 10.9. The van der Waals surface area contributed by atoms with Gasteiger partial charge in [0.25, 0.3) is 0 Å². The molecule has 0 aromatic carbocycles. The van der Waals surface area contributed by atoms with E-state index in [9.17, 15) is 4.79 Å². The van der Waals surface area contributed by atoms with Gasteiger partial charge in [-0.25, -0.2) is 0 Å². The summed E-state index contributed by atoms with van der Waals surface area (Å²) in [5.74, 6) is -0.988. The highest BCUT2D eigenvalue weighted by atomic mass is 16.4. The van der Waals surface area contributed by atoms with Gasteiger partial charge in [0.2, 0.25) is 0 Å². The molecule has 1 unspecified atom stereocenters. The van der Waals surface area contributed by atoms with Crippen LogP contribution in [0.4, 0.5) is 0 Å². The molecule has 1 N–H and O–H groups in total. The lowest BCUT2D eigenvalue weighted by molar-refractivity contribution is -0.144. The second-order valence-corrected chi connectivity index (χ2v) is 3.81. The summed E-state index contributed by atoms with van der Waals surface area (Å²) < 4.78 is 0. The van der Waals surface area contributed by atoms with Gasteiger partial charge in [0.1, 0.15) is 0 Å². The molecule has 4 nitrogen and oxygen atoms in total. The number of hydrogen-bond donors (Lipinski definition) is 1. The van der Waals surface area contributed by atoms with Gasteiger partial charge in [-0.2, -0.15) is 5.26 Å². The van der Waals surface area contributed by atoms with Crippen LogP contribution in [0.5, 0.6) is 0 Å². The fourth-order valence-electron chi connectivity index (χ4n) is 1.59. The van der Waals surface area contributed by atoms with Crippen molar-refractivity contribution in [2.75, 3.05) is 13.1 Å². The quantitative estimate of drug-likeness (QED) is 0.682. The molecule has 72 valence electrons. The molecule has 1 atom stereocenters. The van der Waals surface area contributed by atoms with Crippen LogP contribution in [0.1, 0.15) is 20.3 Å². The Kier molecular flexibility index (Phi) is 2.58. The minimum absolute atomic E-state index is 0.314. The van der Waals surface area contributed by atoms with Crippen LogP contribution in [-0.4, -0.2) is 35.1 Å². The first-order chi connectivity index (χ1) is 6.02. The minimum Gasteiger partial charge on any atom is -0.480 e. The van der Waals surface area contributed by atoms with E-state index >= 15 is 0 Å². The highest BCUT2D eigenvalue weighted by Crippen LogP contribution is 2.30. The van der Waals surface area contributed by atoms with Crippen molar-refractivity contribution in [3.05, 3.63) is 0 Å². The average molecular weight is 182 g/mol. The highest BCUT2D eigenvalue weighted by molar-refractivity contribution is 5.78. The third kappa shape index (κ3) is 1.65. The number of rotatable bonds is 2. The van der Waals surface area contributed by atoms with E-state index in [1.165, 1.54) is 0 Å². The summed E-state index contributed by atoms with van der Waals surface area (Å²) in [7, 11) is 0. The van der Waals surface area contributed by atoms with Crippen LogP contribution in [-0.2, 0) is 4.79 Å². The molecule has 0 aromatic heterocycles. The number of likely N-dealkylation sites (tertiary alicyclic amines) is 1. The van der Waals surface area contributed by atoms with Crippen molar-refractivity contribution >= 4 is 5.97 Å². The second kappa shape index (κ2) is 3.35. The monoisotopic (exact) mass is 182 g/mol. The predicted octanol–water partition coefficient (Wildman–Crippen LogP) is 0.695. The fraction of sp³-hybridized carbons (Fsp3) is 0.778. The van der Waals surface area contributed by atoms with Crippen LogP contribution in [0.2, 0.25) is 0 Å². The van der Waals surface area contributed by atoms with Crippen LogP contribution < -0.4 is 0 Å². The number of carboxylic acids is 1. The maximum atomic E-state index is 10.9. The summed E-state index contributed by atoms with van der Waals surface area (Å²) >= 11 is 0. The van der Waals surface area contributed by atoms with Gasteiger partial charge in [0.15, 0.2) is 5.41 Å². The molecule has 0 bridgehead atoms. The predicted molar refractivity (Wildman–Crippen MR) is 47.0 cm³/mol. The molecule has 1 aliphatic rings. The largest absolute Gasteiger partial charge is 0.480 e. The van der Waals surface area contributed by atoms with Gasteiger partial charge in [-0.15, -0.1) is 0 Å².